The number of carbonyl (C=O) groups excluding carboxylic acids is 2. The smallest absolute Gasteiger partial charge is 0.337 e. The molecule has 1 saturated heterocycles. The minimum Gasteiger partial charge on any atom is -0.465 e. The molecule has 0 radical (unpaired) electrons. The Bertz CT molecular complexity index is 1110. The van der Waals surface area contributed by atoms with E-state index < -0.39 is 22.0 Å². The molecule has 1 amide bonds. The van der Waals surface area contributed by atoms with Gasteiger partial charge in [0, 0.05) is 17.8 Å². The van der Waals surface area contributed by atoms with Crippen LogP contribution in [0.5, 0.6) is 0 Å². The lowest BCUT2D eigenvalue weighted by Gasteiger charge is -2.25. The third-order valence-electron chi connectivity index (χ3n) is 5.01. The highest BCUT2D eigenvalue weighted by atomic mass is 32.2. The SMILES string of the molecule is COC(=O)c1ccc(NC(=O)[C@@H]2CCCN2C2=NS(=O)(=O)c3ccccc32)cc1. The molecule has 2 aliphatic heterocycles. The van der Waals surface area contributed by atoms with Crippen molar-refractivity contribution in [3.05, 3.63) is 59.7 Å². The minimum atomic E-state index is -3.74. The van der Waals surface area contributed by atoms with Crippen LogP contribution in [-0.4, -0.2) is 50.7 Å². The molecular formula is C20H19N3O5S. The normalized spacial score (nSPS) is 19.4. The number of ether oxygens (including phenoxy) is 1. The van der Waals surface area contributed by atoms with Gasteiger partial charge >= 0.3 is 5.97 Å². The van der Waals surface area contributed by atoms with Crippen LogP contribution in [0.3, 0.4) is 0 Å². The number of amidine groups is 1. The van der Waals surface area contributed by atoms with E-state index in [9.17, 15) is 18.0 Å². The summed E-state index contributed by atoms with van der Waals surface area (Å²) >= 11 is 0. The number of sulfonamides is 1. The summed E-state index contributed by atoms with van der Waals surface area (Å²) < 4.78 is 33.3. The van der Waals surface area contributed by atoms with Gasteiger partial charge in [0.05, 0.1) is 12.7 Å². The van der Waals surface area contributed by atoms with Crippen molar-refractivity contribution in [3.63, 3.8) is 0 Å². The highest BCUT2D eigenvalue weighted by molar-refractivity contribution is 7.90. The predicted octanol–water partition coefficient (Wildman–Crippen LogP) is 2.03. The Morgan fingerprint density at radius 1 is 1.14 bits per heavy atom. The highest BCUT2D eigenvalue weighted by Crippen LogP contribution is 2.31. The number of hydrogen-bond acceptors (Lipinski definition) is 6. The number of nitrogens with one attached hydrogen (secondary N) is 1. The summed E-state index contributed by atoms with van der Waals surface area (Å²) in [4.78, 5) is 26.3. The fraction of sp³-hybridized carbons (Fsp3) is 0.250. The molecule has 2 heterocycles. The van der Waals surface area contributed by atoms with E-state index in [1.807, 2.05) is 0 Å². The molecule has 8 nitrogen and oxygen atoms in total. The predicted molar refractivity (Wildman–Crippen MR) is 106 cm³/mol. The van der Waals surface area contributed by atoms with Gasteiger partial charge < -0.3 is 15.0 Å². The number of esters is 1. The van der Waals surface area contributed by atoms with Crippen molar-refractivity contribution >= 4 is 33.4 Å². The number of benzene rings is 2. The summed E-state index contributed by atoms with van der Waals surface area (Å²) in [5.41, 5.74) is 1.45. The molecular weight excluding hydrogens is 394 g/mol. The van der Waals surface area contributed by atoms with Crippen LogP contribution < -0.4 is 5.32 Å². The molecule has 29 heavy (non-hydrogen) atoms. The molecule has 0 aliphatic carbocycles. The highest BCUT2D eigenvalue weighted by Gasteiger charge is 2.39. The maximum absolute atomic E-state index is 12.9. The number of rotatable bonds is 3. The number of methoxy groups -OCH3 is 1. The number of amides is 1. The van der Waals surface area contributed by atoms with E-state index in [0.29, 0.717) is 35.6 Å². The molecule has 0 bridgehead atoms. The quantitative estimate of drug-likeness (QED) is 0.772. The molecule has 2 aliphatic rings. The van der Waals surface area contributed by atoms with E-state index in [4.69, 9.17) is 0 Å². The molecule has 9 heteroatoms. The number of fused-ring (bicyclic) bond motifs is 1. The second-order valence-electron chi connectivity index (χ2n) is 6.80. The van der Waals surface area contributed by atoms with Crippen LogP contribution in [0.2, 0.25) is 0 Å². The van der Waals surface area contributed by atoms with Crippen molar-refractivity contribution in [2.24, 2.45) is 4.40 Å². The minimum absolute atomic E-state index is 0.166. The Balaban J connectivity index is 1.55. The first-order valence-corrected chi connectivity index (χ1v) is 10.5. The van der Waals surface area contributed by atoms with E-state index in [0.717, 1.165) is 6.42 Å². The van der Waals surface area contributed by atoms with Gasteiger partial charge in [-0.3, -0.25) is 4.79 Å². The lowest BCUT2D eigenvalue weighted by Crippen LogP contribution is -2.43. The van der Waals surface area contributed by atoms with Gasteiger partial charge in [0.15, 0.2) is 5.84 Å². The van der Waals surface area contributed by atoms with Crippen molar-refractivity contribution in [3.8, 4) is 0 Å². The zero-order chi connectivity index (χ0) is 20.6. The van der Waals surface area contributed by atoms with Crippen molar-refractivity contribution < 1.29 is 22.7 Å². The van der Waals surface area contributed by atoms with Crippen molar-refractivity contribution in [1.29, 1.82) is 0 Å². The third kappa shape index (κ3) is 3.49. The van der Waals surface area contributed by atoms with Gasteiger partial charge in [-0.05, 0) is 49.2 Å². The molecule has 1 N–H and O–H groups in total. The summed E-state index contributed by atoms with van der Waals surface area (Å²) in [7, 11) is -2.44. The van der Waals surface area contributed by atoms with Crippen LogP contribution in [0, 0.1) is 0 Å². The summed E-state index contributed by atoms with van der Waals surface area (Å²) in [5.74, 6) is -0.388. The van der Waals surface area contributed by atoms with Crippen LogP contribution in [0.1, 0.15) is 28.8 Å². The molecule has 2 aromatic carbocycles. The van der Waals surface area contributed by atoms with E-state index in [2.05, 4.69) is 14.5 Å². The molecule has 0 unspecified atom stereocenters. The number of carbonyl (C=O) groups is 2. The summed E-state index contributed by atoms with van der Waals surface area (Å²) in [6, 6.07) is 12.5. The summed E-state index contributed by atoms with van der Waals surface area (Å²) in [6.07, 6.45) is 1.34. The van der Waals surface area contributed by atoms with Gasteiger partial charge in [-0.25, -0.2) is 4.79 Å². The molecule has 4 rings (SSSR count). The summed E-state index contributed by atoms with van der Waals surface area (Å²) in [5, 5.41) is 2.83. The van der Waals surface area contributed by atoms with Crippen molar-refractivity contribution in [2.45, 2.75) is 23.8 Å². The lowest BCUT2D eigenvalue weighted by atomic mass is 10.1. The Labute approximate surface area is 168 Å². The molecule has 0 aromatic heterocycles. The second-order valence-corrected chi connectivity index (χ2v) is 8.37. The maximum Gasteiger partial charge on any atom is 0.337 e. The van der Waals surface area contributed by atoms with Crippen LogP contribution in [0.25, 0.3) is 0 Å². The zero-order valence-corrected chi connectivity index (χ0v) is 16.5. The van der Waals surface area contributed by atoms with E-state index in [-0.39, 0.29) is 10.8 Å². The Morgan fingerprint density at radius 3 is 2.59 bits per heavy atom. The number of nitrogens with zero attached hydrogens (tertiary/aromatic N) is 2. The fourth-order valence-electron chi connectivity index (χ4n) is 3.62. The van der Waals surface area contributed by atoms with Crippen LogP contribution >= 0.6 is 0 Å². The monoisotopic (exact) mass is 413 g/mol. The standard InChI is InChI=1S/C20H19N3O5S/c1-28-20(25)13-8-10-14(11-9-13)21-19(24)16-6-4-12-23(16)18-15-5-2-3-7-17(15)29(26,27)22-18/h2-3,5,7-11,16H,4,6,12H2,1H3,(H,21,24)/t16-/m0/s1. The molecule has 0 saturated carbocycles. The number of hydrogen-bond donors (Lipinski definition) is 1. The number of anilines is 1. The first-order chi connectivity index (χ1) is 13.9. The van der Waals surface area contributed by atoms with Gasteiger partial charge in [-0.15, -0.1) is 4.40 Å². The fourth-order valence-corrected chi connectivity index (χ4v) is 4.84. The van der Waals surface area contributed by atoms with Crippen molar-refractivity contribution in [2.75, 3.05) is 19.0 Å². The Kier molecular flexibility index (Phi) is 4.83. The maximum atomic E-state index is 12.9. The summed E-state index contributed by atoms with van der Waals surface area (Å²) in [6.45, 7) is 0.544. The van der Waals surface area contributed by atoms with Crippen molar-refractivity contribution in [1.82, 2.24) is 4.90 Å². The van der Waals surface area contributed by atoms with Crippen LogP contribution in [0.15, 0.2) is 57.8 Å². The topological polar surface area (TPSA) is 105 Å². The Morgan fingerprint density at radius 2 is 1.86 bits per heavy atom. The van der Waals surface area contributed by atoms with Gasteiger partial charge in [0.2, 0.25) is 5.91 Å². The molecule has 2 aromatic rings. The largest absolute Gasteiger partial charge is 0.465 e. The van der Waals surface area contributed by atoms with E-state index in [1.54, 1.807) is 47.4 Å². The first kappa shape index (κ1) is 19.1. The second kappa shape index (κ2) is 7.32. The molecule has 150 valence electrons. The van der Waals surface area contributed by atoms with Crippen LogP contribution in [-0.2, 0) is 19.6 Å². The lowest BCUT2D eigenvalue weighted by molar-refractivity contribution is -0.119. The van der Waals surface area contributed by atoms with Gasteiger partial charge in [-0.2, -0.15) is 8.42 Å². The van der Waals surface area contributed by atoms with Crippen LogP contribution in [0.4, 0.5) is 5.69 Å². The van der Waals surface area contributed by atoms with E-state index in [1.165, 1.54) is 13.2 Å². The molecule has 0 spiro atoms. The first-order valence-electron chi connectivity index (χ1n) is 9.11. The van der Waals surface area contributed by atoms with Gasteiger partial charge in [-0.1, -0.05) is 12.1 Å². The van der Waals surface area contributed by atoms with E-state index >= 15 is 0 Å². The molecule has 1 atom stereocenters. The Hall–Kier alpha value is -3.20. The zero-order valence-electron chi connectivity index (χ0n) is 15.7. The average molecular weight is 413 g/mol. The van der Waals surface area contributed by atoms with Gasteiger partial charge in [0.1, 0.15) is 10.9 Å². The number of likely N-dealkylation sites (tertiary alicyclic amines) is 1. The van der Waals surface area contributed by atoms with Gasteiger partial charge in [0.25, 0.3) is 10.0 Å². The molecule has 1 fully saturated rings. The third-order valence-corrected chi connectivity index (χ3v) is 6.34. The average Bonchev–Trinajstić information content (AvgIpc) is 3.31.